The van der Waals surface area contributed by atoms with Crippen LogP contribution < -0.4 is 4.31 Å². The van der Waals surface area contributed by atoms with Crippen LogP contribution in [0.2, 0.25) is 0 Å². The van der Waals surface area contributed by atoms with Crippen molar-refractivity contribution >= 4 is 21.6 Å². The lowest BCUT2D eigenvalue weighted by atomic mass is 9.99. The summed E-state index contributed by atoms with van der Waals surface area (Å²) in [6, 6.07) is 15.1. The first-order valence-electron chi connectivity index (χ1n) is 8.83. The molecule has 0 unspecified atom stereocenters. The molecule has 0 spiro atoms. The van der Waals surface area contributed by atoms with Crippen LogP contribution in [-0.4, -0.2) is 39.4 Å². The van der Waals surface area contributed by atoms with Gasteiger partial charge in [0.2, 0.25) is 0 Å². The van der Waals surface area contributed by atoms with Crippen molar-refractivity contribution < 1.29 is 13.2 Å². The molecule has 2 aromatic rings. The highest BCUT2D eigenvalue weighted by molar-refractivity contribution is 7.92. The topological polar surface area (TPSA) is 57.7 Å². The summed E-state index contributed by atoms with van der Waals surface area (Å²) in [6.07, 6.45) is 2.19. The highest BCUT2D eigenvalue weighted by Crippen LogP contribution is 2.23. The van der Waals surface area contributed by atoms with Crippen molar-refractivity contribution in [2.45, 2.75) is 24.7 Å². The van der Waals surface area contributed by atoms with Crippen molar-refractivity contribution in [2.75, 3.05) is 24.4 Å². The molecule has 3 rings (SSSR count). The van der Waals surface area contributed by atoms with Crippen LogP contribution in [0.15, 0.2) is 59.5 Å². The Bertz CT molecular complexity index is 864. The molecule has 0 aromatic heterocycles. The number of anilines is 1. The first-order chi connectivity index (χ1) is 12.4. The van der Waals surface area contributed by atoms with Crippen LogP contribution in [0.4, 0.5) is 5.69 Å². The fourth-order valence-electron chi connectivity index (χ4n) is 3.26. The first kappa shape index (κ1) is 18.5. The Morgan fingerprint density at radius 3 is 2.35 bits per heavy atom. The van der Waals surface area contributed by atoms with E-state index in [0.29, 0.717) is 17.2 Å². The Labute approximate surface area is 155 Å². The van der Waals surface area contributed by atoms with E-state index in [9.17, 15) is 13.2 Å². The molecule has 6 heteroatoms. The summed E-state index contributed by atoms with van der Waals surface area (Å²) in [4.78, 5) is 14.8. The zero-order chi connectivity index (χ0) is 18.7. The van der Waals surface area contributed by atoms with Crippen molar-refractivity contribution in [3.8, 4) is 0 Å². The van der Waals surface area contributed by atoms with Gasteiger partial charge in [-0.2, -0.15) is 0 Å². The average Bonchev–Trinajstić information content (AvgIpc) is 2.67. The normalized spacial score (nSPS) is 17.8. The molecule has 26 heavy (non-hydrogen) atoms. The molecular weight excluding hydrogens is 348 g/mol. The van der Waals surface area contributed by atoms with Crippen molar-refractivity contribution in [1.82, 2.24) is 4.90 Å². The van der Waals surface area contributed by atoms with Gasteiger partial charge in [0.25, 0.3) is 15.9 Å². The molecule has 138 valence electrons. The Hall–Kier alpha value is -2.34. The molecular formula is C20H24N2O3S. The summed E-state index contributed by atoms with van der Waals surface area (Å²) in [6.45, 7) is 3.72. The van der Waals surface area contributed by atoms with E-state index in [1.807, 2.05) is 4.90 Å². The van der Waals surface area contributed by atoms with Crippen molar-refractivity contribution in [2.24, 2.45) is 5.92 Å². The number of carbonyl (C=O) groups excluding carboxylic acids is 1. The number of benzene rings is 2. The van der Waals surface area contributed by atoms with E-state index in [1.165, 1.54) is 11.4 Å². The van der Waals surface area contributed by atoms with Gasteiger partial charge in [-0.05, 0) is 55.2 Å². The minimum absolute atomic E-state index is 0.0108. The zero-order valence-corrected chi connectivity index (χ0v) is 15.9. The minimum Gasteiger partial charge on any atom is -0.338 e. The molecule has 0 N–H and O–H groups in total. The van der Waals surface area contributed by atoms with Crippen LogP contribution in [0.5, 0.6) is 0 Å². The Morgan fingerprint density at radius 2 is 1.73 bits per heavy atom. The van der Waals surface area contributed by atoms with E-state index in [0.717, 1.165) is 25.9 Å². The molecule has 1 heterocycles. The van der Waals surface area contributed by atoms with Crippen LogP contribution in [0.3, 0.4) is 0 Å². The van der Waals surface area contributed by atoms with Gasteiger partial charge in [-0.3, -0.25) is 9.10 Å². The summed E-state index contributed by atoms with van der Waals surface area (Å²) in [7, 11) is -2.10. The summed E-state index contributed by atoms with van der Waals surface area (Å²) in [5, 5.41) is 0. The Kier molecular flexibility index (Phi) is 5.32. The van der Waals surface area contributed by atoms with Crippen molar-refractivity contribution in [3.05, 3.63) is 60.2 Å². The quantitative estimate of drug-likeness (QED) is 0.827. The summed E-state index contributed by atoms with van der Waals surface area (Å²) in [5.74, 6) is 0.533. The number of likely N-dealkylation sites (tertiary alicyclic amines) is 1. The van der Waals surface area contributed by atoms with Gasteiger partial charge >= 0.3 is 0 Å². The van der Waals surface area contributed by atoms with E-state index in [-0.39, 0.29) is 10.8 Å². The van der Waals surface area contributed by atoms with Crippen molar-refractivity contribution in [1.29, 1.82) is 0 Å². The third-order valence-electron chi connectivity index (χ3n) is 4.82. The number of piperidine rings is 1. The van der Waals surface area contributed by atoms with E-state index in [4.69, 9.17) is 0 Å². The SMILES string of the molecule is C[C@H]1CCCN(C(=O)c2ccc(N(C)S(=O)(=O)c3ccccc3)cc2)C1. The molecule has 1 saturated heterocycles. The first-order valence-corrected chi connectivity index (χ1v) is 10.3. The summed E-state index contributed by atoms with van der Waals surface area (Å²) in [5.41, 5.74) is 1.12. The van der Waals surface area contributed by atoms with Crippen LogP contribution >= 0.6 is 0 Å². The molecule has 1 aliphatic rings. The highest BCUT2D eigenvalue weighted by atomic mass is 32.2. The van der Waals surface area contributed by atoms with Gasteiger partial charge in [-0.25, -0.2) is 8.42 Å². The average molecular weight is 372 g/mol. The van der Waals surface area contributed by atoms with Crippen LogP contribution in [0.1, 0.15) is 30.1 Å². The summed E-state index contributed by atoms with van der Waals surface area (Å²) >= 11 is 0. The molecule has 1 atom stereocenters. The van der Waals surface area contributed by atoms with E-state index < -0.39 is 10.0 Å². The third kappa shape index (κ3) is 3.75. The largest absolute Gasteiger partial charge is 0.338 e. The second-order valence-electron chi connectivity index (χ2n) is 6.83. The van der Waals surface area contributed by atoms with E-state index in [1.54, 1.807) is 54.6 Å². The maximum absolute atomic E-state index is 12.7. The van der Waals surface area contributed by atoms with E-state index >= 15 is 0 Å². The lowest BCUT2D eigenvalue weighted by Gasteiger charge is -2.31. The number of carbonyl (C=O) groups is 1. The van der Waals surface area contributed by atoms with Gasteiger partial charge in [0.05, 0.1) is 10.6 Å². The monoisotopic (exact) mass is 372 g/mol. The van der Waals surface area contributed by atoms with Crippen molar-refractivity contribution in [3.63, 3.8) is 0 Å². The predicted molar refractivity (Wildman–Crippen MR) is 103 cm³/mol. The van der Waals surface area contributed by atoms with E-state index in [2.05, 4.69) is 6.92 Å². The number of nitrogens with zero attached hydrogens (tertiary/aromatic N) is 2. The molecule has 5 nitrogen and oxygen atoms in total. The fourth-order valence-corrected chi connectivity index (χ4v) is 4.48. The molecule has 0 aliphatic carbocycles. The Morgan fingerprint density at radius 1 is 1.08 bits per heavy atom. The second kappa shape index (κ2) is 7.50. The number of hydrogen-bond acceptors (Lipinski definition) is 3. The van der Waals surface area contributed by atoms with Gasteiger partial charge in [-0.1, -0.05) is 25.1 Å². The maximum atomic E-state index is 12.7. The van der Waals surface area contributed by atoms with Gasteiger partial charge in [0, 0.05) is 25.7 Å². The van der Waals surface area contributed by atoms with Gasteiger partial charge in [-0.15, -0.1) is 0 Å². The predicted octanol–water partition coefficient (Wildman–Crippen LogP) is 3.38. The number of rotatable bonds is 4. The zero-order valence-electron chi connectivity index (χ0n) is 15.1. The fraction of sp³-hybridized carbons (Fsp3) is 0.350. The molecule has 0 saturated carbocycles. The van der Waals surface area contributed by atoms with Crippen LogP contribution in [0, 0.1) is 5.92 Å². The van der Waals surface area contributed by atoms with Crippen LogP contribution in [-0.2, 0) is 10.0 Å². The number of sulfonamides is 1. The lowest BCUT2D eigenvalue weighted by molar-refractivity contribution is 0.0683. The van der Waals surface area contributed by atoms with Gasteiger partial charge in [0.15, 0.2) is 0 Å². The number of hydrogen-bond donors (Lipinski definition) is 0. The molecule has 1 amide bonds. The second-order valence-corrected chi connectivity index (χ2v) is 8.80. The molecule has 0 radical (unpaired) electrons. The van der Waals surface area contributed by atoms with Gasteiger partial charge in [0.1, 0.15) is 0 Å². The lowest BCUT2D eigenvalue weighted by Crippen LogP contribution is -2.39. The van der Waals surface area contributed by atoms with Crippen LogP contribution in [0.25, 0.3) is 0 Å². The number of amides is 1. The molecule has 1 aliphatic heterocycles. The highest BCUT2D eigenvalue weighted by Gasteiger charge is 2.23. The Balaban J connectivity index is 1.78. The summed E-state index contributed by atoms with van der Waals surface area (Å²) < 4.78 is 26.6. The smallest absolute Gasteiger partial charge is 0.264 e. The third-order valence-corrected chi connectivity index (χ3v) is 6.62. The minimum atomic E-state index is -3.61. The molecule has 0 bridgehead atoms. The standard InChI is InChI=1S/C20H24N2O3S/c1-16-7-6-14-22(15-16)20(23)17-10-12-18(13-11-17)21(2)26(24,25)19-8-4-3-5-9-19/h3-5,8-13,16H,6-7,14-15H2,1-2H3/t16-/m0/s1. The molecule has 1 fully saturated rings. The molecule has 2 aromatic carbocycles. The maximum Gasteiger partial charge on any atom is 0.264 e. The van der Waals surface area contributed by atoms with Gasteiger partial charge < -0.3 is 4.90 Å².